The first kappa shape index (κ1) is 9.14. The molecule has 12 heavy (non-hydrogen) atoms. The number of benzene rings is 1. The number of hydrogen-bond donors (Lipinski definition) is 1. The molecule has 2 aromatic rings. The highest BCUT2D eigenvalue weighted by atomic mass is 35.5. The van der Waals surface area contributed by atoms with Crippen LogP contribution < -0.4 is 0 Å². The van der Waals surface area contributed by atoms with E-state index in [1.165, 1.54) is 0 Å². The summed E-state index contributed by atoms with van der Waals surface area (Å²) in [5, 5.41) is 1.86. The van der Waals surface area contributed by atoms with E-state index in [-0.39, 0.29) is 0 Å². The highest BCUT2D eigenvalue weighted by molar-refractivity contribution is 6.30. The molecule has 0 saturated carbocycles. The zero-order valence-corrected chi connectivity index (χ0v) is 8.02. The van der Waals surface area contributed by atoms with E-state index in [1.54, 1.807) is 0 Å². The van der Waals surface area contributed by atoms with Gasteiger partial charge in [-0.15, -0.1) is 0 Å². The lowest BCUT2D eigenvalue weighted by Gasteiger charge is -1.83. The summed E-state index contributed by atoms with van der Waals surface area (Å²) in [7, 11) is 0. The maximum absolute atomic E-state index is 5.73. The van der Waals surface area contributed by atoms with Gasteiger partial charge in [0.2, 0.25) is 0 Å². The number of fused-ring (bicyclic) bond motifs is 1. The number of nitrogens with one attached hydrogen (secondary N) is 1. The lowest BCUT2D eigenvalue weighted by Crippen LogP contribution is -1.62. The third kappa shape index (κ3) is 1.80. The van der Waals surface area contributed by atoms with Gasteiger partial charge in [-0.25, -0.2) is 0 Å². The first-order valence-corrected chi connectivity index (χ1v) is 4.47. The van der Waals surface area contributed by atoms with Crippen LogP contribution in [0.15, 0.2) is 30.3 Å². The number of halogens is 1. The van der Waals surface area contributed by atoms with Gasteiger partial charge < -0.3 is 4.98 Å². The number of H-pyrrole nitrogens is 1. The highest BCUT2D eigenvalue weighted by Crippen LogP contribution is 2.17. The monoisotopic (exact) mass is 181 g/mol. The van der Waals surface area contributed by atoms with Gasteiger partial charge in [0, 0.05) is 10.9 Å². The van der Waals surface area contributed by atoms with Crippen LogP contribution in [-0.2, 0) is 0 Å². The van der Waals surface area contributed by atoms with Gasteiger partial charge in [0.15, 0.2) is 0 Å². The van der Waals surface area contributed by atoms with Gasteiger partial charge in [0.25, 0.3) is 0 Å². The molecule has 1 nitrogen and oxygen atoms in total. The van der Waals surface area contributed by atoms with Gasteiger partial charge in [-0.2, -0.15) is 0 Å². The van der Waals surface area contributed by atoms with Crippen molar-refractivity contribution in [3.8, 4) is 0 Å². The Labute approximate surface area is 77.4 Å². The third-order valence-electron chi connectivity index (χ3n) is 1.50. The van der Waals surface area contributed by atoms with Gasteiger partial charge in [0.05, 0.1) is 0 Å². The number of hydrogen-bond acceptors (Lipinski definition) is 0. The van der Waals surface area contributed by atoms with Crippen LogP contribution in [0.25, 0.3) is 10.9 Å². The molecule has 0 spiro atoms. The van der Waals surface area contributed by atoms with Crippen LogP contribution in [0.4, 0.5) is 0 Å². The normalized spacial score (nSPS) is 9.25. The zero-order chi connectivity index (χ0) is 8.97. The number of rotatable bonds is 0. The molecule has 0 aliphatic rings. The third-order valence-corrected chi connectivity index (χ3v) is 1.70. The van der Waals surface area contributed by atoms with Gasteiger partial charge in [0.1, 0.15) is 5.15 Å². The minimum Gasteiger partial charge on any atom is -0.346 e. The Hall–Kier alpha value is -0.950. The predicted molar refractivity (Wildman–Crippen MR) is 54.7 cm³/mol. The van der Waals surface area contributed by atoms with Crippen LogP contribution in [0, 0.1) is 0 Å². The van der Waals surface area contributed by atoms with Gasteiger partial charge in [-0.05, 0) is 12.1 Å². The second-order valence-electron chi connectivity index (χ2n) is 2.20. The summed E-state index contributed by atoms with van der Waals surface area (Å²) in [6, 6.07) is 9.91. The highest BCUT2D eigenvalue weighted by Gasteiger charge is 1.93. The van der Waals surface area contributed by atoms with Crippen LogP contribution in [-0.4, -0.2) is 4.98 Å². The molecule has 1 aromatic carbocycles. The second-order valence-corrected chi connectivity index (χ2v) is 2.61. The van der Waals surface area contributed by atoms with E-state index in [2.05, 4.69) is 4.98 Å². The Morgan fingerprint density at radius 3 is 2.50 bits per heavy atom. The van der Waals surface area contributed by atoms with Crippen molar-refractivity contribution in [2.24, 2.45) is 0 Å². The van der Waals surface area contributed by atoms with Crippen LogP contribution in [0.2, 0.25) is 5.15 Å². The Balaban J connectivity index is 0.000000336. The number of para-hydroxylation sites is 1. The van der Waals surface area contributed by atoms with E-state index in [0.29, 0.717) is 5.15 Å². The van der Waals surface area contributed by atoms with Crippen LogP contribution in [0.1, 0.15) is 13.8 Å². The summed E-state index contributed by atoms with van der Waals surface area (Å²) in [5.74, 6) is 0. The van der Waals surface area contributed by atoms with Crippen molar-refractivity contribution >= 4 is 22.5 Å². The Morgan fingerprint density at radius 2 is 1.83 bits per heavy atom. The van der Waals surface area contributed by atoms with Crippen molar-refractivity contribution in [3.05, 3.63) is 35.5 Å². The summed E-state index contributed by atoms with van der Waals surface area (Å²) in [6.45, 7) is 4.00. The van der Waals surface area contributed by atoms with Gasteiger partial charge in [-0.1, -0.05) is 43.6 Å². The molecule has 1 aromatic heterocycles. The molecule has 1 N–H and O–H groups in total. The molecule has 2 heteroatoms. The fraction of sp³-hybridized carbons (Fsp3) is 0.200. The largest absolute Gasteiger partial charge is 0.346 e. The fourth-order valence-corrected chi connectivity index (χ4v) is 1.26. The number of aromatic nitrogens is 1. The topological polar surface area (TPSA) is 15.8 Å². The minimum absolute atomic E-state index is 0.696. The van der Waals surface area contributed by atoms with E-state index in [1.807, 2.05) is 44.2 Å². The molecule has 1 heterocycles. The van der Waals surface area contributed by atoms with E-state index in [9.17, 15) is 0 Å². The molecular formula is C10H12ClN. The van der Waals surface area contributed by atoms with Gasteiger partial charge >= 0.3 is 0 Å². The fourth-order valence-electron chi connectivity index (χ4n) is 1.04. The van der Waals surface area contributed by atoms with Crippen LogP contribution in [0.3, 0.4) is 0 Å². The average molecular weight is 182 g/mol. The molecule has 0 aliphatic carbocycles. The van der Waals surface area contributed by atoms with Crippen LogP contribution in [0.5, 0.6) is 0 Å². The molecule has 0 unspecified atom stereocenters. The van der Waals surface area contributed by atoms with Crippen molar-refractivity contribution in [2.45, 2.75) is 13.8 Å². The van der Waals surface area contributed by atoms with Crippen molar-refractivity contribution < 1.29 is 0 Å². The Bertz CT molecular complexity index is 318. The molecule has 0 aliphatic heterocycles. The molecule has 0 saturated heterocycles. The Morgan fingerprint density at radius 1 is 1.17 bits per heavy atom. The lowest BCUT2D eigenvalue weighted by atomic mass is 10.3. The summed E-state index contributed by atoms with van der Waals surface area (Å²) < 4.78 is 0. The van der Waals surface area contributed by atoms with E-state index in [0.717, 1.165) is 10.9 Å². The van der Waals surface area contributed by atoms with E-state index >= 15 is 0 Å². The molecule has 0 bridgehead atoms. The predicted octanol–water partition coefficient (Wildman–Crippen LogP) is 3.85. The van der Waals surface area contributed by atoms with Crippen molar-refractivity contribution in [1.29, 1.82) is 0 Å². The SMILES string of the molecule is CC.Clc1cc2ccccc2[nH]1. The lowest BCUT2D eigenvalue weighted by molar-refractivity contribution is 1.48. The smallest absolute Gasteiger partial charge is 0.107 e. The van der Waals surface area contributed by atoms with E-state index in [4.69, 9.17) is 11.6 Å². The molecular weight excluding hydrogens is 170 g/mol. The first-order valence-electron chi connectivity index (χ1n) is 4.09. The number of aromatic amines is 1. The molecule has 0 amide bonds. The van der Waals surface area contributed by atoms with E-state index < -0.39 is 0 Å². The minimum atomic E-state index is 0.696. The van der Waals surface area contributed by atoms with Crippen molar-refractivity contribution in [1.82, 2.24) is 4.98 Å². The Kier molecular flexibility index (Phi) is 3.18. The summed E-state index contributed by atoms with van der Waals surface area (Å²) >= 11 is 5.73. The molecule has 2 rings (SSSR count). The zero-order valence-electron chi connectivity index (χ0n) is 7.26. The summed E-state index contributed by atoms with van der Waals surface area (Å²) in [4.78, 5) is 3.02. The standard InChI is InChI=1S/C8H6ClN.C2H6/c9-8-5-6-3-1-2-4-7(6)10-8;1-2/h1-5,10H;1-2H3. The molecule has 0 fully saturated rings. The average Bonchev–Trinajstić information content (AvgIpc) is 2.48. The quantitative estimate of drug-likeness (QED) is 0.636. The molecule has 0 radical (unpaired) electrons. The maximum Gasteiger partial charge on any atom is 0.107 e. The van der Waals surface area contributed by atoms with Crippen molar-refractivity contribution in [2.75, 3.05) is 0 Å². The molecule has 0 atom stereocenters. The van der Waals surface area contributed by atoms with Crippen LogP contribution >= 0.6 is 11.6 Å². The van der Waals surface area contributed by atoms with Crippen molar-refractivity contribution in [3.63, 3.8) is 0 Å². The summed E-state index contributed by atoms with van der Waals surface area (Å²) in [5.41, 5.74) is 1.09. The molecule has 64 valence electrons. The summed E-state index contributed by atoms with van der Waals surface area (Å²) in [6.07, 6.45) is 0. The first-order chi connectivity index (χ1) is 5.86. The van der Waals surface area contributed by atoms with Gasteiger partial charge in [-0.3, -0.25) is 0 Å². The maximum atomic E-state index is 5.73. The second kappa shape index (κ2) is 4.17.